The monoisotopic (exact) mass is 336 g/mol. The van der Waals surface area contributed by atoms with E-state index in [-0.39, 0.29) is 11.5 Å². The minimum Gasteiger partial charge on any atom is -0.497 e. The average molecular weight is 336 g/mol. The number of nitrogens with one attached hydrogen (secondary N) is 2. The number of aromatic nitrogens is 1. The number of aromatic amines is 1. The van der Waals surface area contributed by atoms with E-state index in [0.29, 0.717) is 29.8 Å². The molecule has 1 aromatic heterocycles. The highest BCUT2D eigenvalue weighted by atomic mass is 16.5. The van der Waals surface area contributed by atoms with Crippen molar-refractivity contribution in [1.82, 2.24) is 4.98 Å². The maximum absolute atomic E-state index is 12.1. The Bertz CT molecular complexity index is 976. The summed E-state index contributed by atoms with van der Waals surface area (Å²) in [4.78, 5) is 26.7. The summed E-state index contributed by atoms with van der Waals surface area (Å²) in [5.74, 6) is 0.636. The molecule has 0 aliphatic rings. The number of carbonyl (C=O) groups excluding carboxylic acids is 1. The third-order valence-electron chi connectivity index (χ3n) is 4.09. The molecule has 0 radical (unpaired) electrons. The summed E-state index contributed by atoms with van der Waals surface area (Å²) in [6.45, 7) is 1.79. The number of fused-ring (bicyclic) bond motifs is 1. The minimum atomic E-state index is -0.0829. The Morgan fingerprint density at radius 3 is 2.80 bits per heavy atom. The predicted molar refractivity (Wildman–Crippen MR) is 99.3 cm³/mol. The number of pyridine rings is 1. The number of H-pyrrole nitrogens is 1. The first-order valence-corrected chi connectivity index (χ1v) is 8.11. The van der Waals surface area contributed by atoms with E-state index in [9.17, 15) is 9.59 Å². The summed E-state index contributed by atoms with van der Waals surface area (Å²) in [5, 5.41) is 3.85. The van der Waals surface area contributed by atoms with E-state index in [0.717, 1.165) is 16.5 Å². The molecule has 1 amide bonds. The first kappa shape index (κ1) is 16.8. The van der Waals surface area contributed by atoms with Crippen LogP contribution in [0.3, 0.4) is 0 Å². The van der Waals surface area contributed by atoms with E-state index in [2.05, 4.69) is 10.3 Å². The van der Waals surface area contributed by atoms with Gasteiger partial charge in [0.15, 0.2) is 0 Å². The van der Waals surface area contributed by atoms with Crippen LogP contribution in [0.25, 0.3) is 10.9 Å². The Kier molecular flexibility index (Phi) is 4.84. The van der Waals surface area contributed by atoms with Gasteiger partial charge in [-0.05, 0) is 48.6 Å². The minimum absolute atomic E-state index is 0.0641. The van der Waals surface area contributed by atoms with E-state index in [1.165, 1.54) is 0 Å². The summed E-state index contributed by atoms with van der Waals surface area (Å²) in [6, 6.07) is 15.0. The summed E-state index contributed by atoms with van der Waals surface area (Å²) >= 11 is 0. The molecule has 5 nitrogen and oxygen atoms in total. The lowest BCUT2D eigenvalue weighted by atomic mass is 10.1. The molecule has 0 aliphatic heterocycles. The quantitative estimate of drug-likeness (QED) is 0.750. The highest BCUT2D eigenvalue weighted by molar-refractivity contribution is 5.91. The maximum atomic E-state index is 12.1. The fourth-order valence-electron chi connectivity index (χ4n) is 2.69. The van der Waals surface area contributed by atoms with E-state index < -0.39 is 0 Å². The molecule has 0 aliphatic carbocycles. The van der Waals surface area contributed by atoms with Gasteiger partial charge in [0.2, 0.25) is 5.91 Å². The average Bonchev–Trinajstić information content (AvgIpc) is 2.61. The lowest BCUT2D eigenvalue weighted by Gasteiger charge is -2.08. The number of hydrogen-bond donors (Lipinski definition) is 2. The van der Waals surface area contributed by atoms with E-state index in [1.807, 2.05) is 42.5 Å². The van der Waals surface area contributed by atoms with Gasteiger partial charge in [0.05, 0.1) is 7.11 Å². The number of hydrogen-bond acceptors (Lipinski definition) is 3. The number of anilines is 1. The number of methoxy groups -OCH3 is 1. The largest absolute Gasteiger partial charge is 0.497 e. The number of benzene rings is 2. The zero-order chi connectivity index (χ0) is 17.8. The Hall–Kier alpha value is -3.08. The van der Waals surface area contributed by atoms with Crippen molar-refractivity contribution < 1.29 is 9.53 Å². The Morgan fingerprint density at radius 1 is 1.16 bits per heavy atom. The molecule has 25 heavy (non-hydrogen) atoms. The SMILES string of the molecule is COc1cccc(NC(=O)CCc2ccc3cc(C)c(=O)[nH]c3c2)c1. The van der Waals surface area contributed by atoms with Crippen LogP contribution in [-0.4, -0.2) is 18.0 Å². The lowest BCUT2D eigenvalue weighted by molar-refractivity contribution is -0.116. The lowest BCUT2D eigenvalue weighted by Crippen LogP contribution is -2.12. The van der Waals surface area contributed by atoms with Gasteiger partial charge in [-0.3, -0.25) is 9.59 Å². The van der Waals surface area contributed by atoms with Gasteiger partial charge in [0.1, 0.15) is 5.75 Å². The molecule has 0 bridgehead atoms. The van der Waals surface area contributed by atoms with Gasteiger partial charge in [0, 0.05) is 29.3 Å². The van der Waals surface area contributed by atoms with Gasteiger partial charge in [0.25, 0.3) is 5.56 Å². The number of rotatable bonds is 5. The van der Waals surface area contributed by atoms with Crippen molar-refractivity contribution in [3.63, 3.8) is 0 Å². The third kappa shape index (κ3) is 4.07. The van der Waals surface area contributed by atoms with Gasteiger partial charge >= 0.3 is 0 Å². The van der Waals surface area contributed by atoms with Gasteiger partial charge in [-0.1, -0.05) is 18.2 Å². The molecule has 0 unspecified atom stereocenters. The van der Waals surface area contributed by atoms with Crippen molar-refractivity contribution in [2.75, 3.05) is 12.4 Å². The van der Waals surface area contributed by atoms with Crippen molar-refractivity contribution in [1.29, 1.82) is 0 Å². The van der Waals surface area contributed by atoms with Gasteiger partial charge in [-0.25, -0.2) is 0 Å². The summed E-state index contributed by atoms with van der Waals surface area (Å²) < 4.78 is 5.14. The highest BCUT2D eigenvalue weighted by Gasteiger charge is 2.06. The smallest absolute Gasteiger partial charge is 0.251 e. The molecular weight excluding hydrogens is 316 g/mol. The van der Waals surface area contributed by atoms with Crippen LogP contribution in [0.4, 0.5) is 5.69 Å². The Morgan fingerprint density at radius 2 is 2.00 bits per heavy atom. The van der Waals surface area contributed by atoms with E-state index in [1.54, 1.807) is 20.1 Å². The molecule has 5 heteroatoms. The summed E-state index contributed by atoms with van der Waals surface area (Å²) in [6.07, 6.45) is 0.959. The Balaban J connectivity index is 1.66. The summed E-state index contributed by atoms with van der Waals surface area (Å²) in [5.41, 5.74) is 3.12. The third-order valence-corrected chi connectivity index (χ3v) is 4.09. The normalized spacial score (nSPS) is 10.6. The van der Waals surface area contributed by atoms with E-state index in [4.69, 9.17) is 4.74 Å². The second kappa shape index (κ2) is 7.21. The molecule has 2 aromatic carbocycles. The molecule has 1 heterocycles. The van der Waals surface area contributed by atoms with Crippen LogP contribution < -0.4 is 15.6 Å². The first-order valence-electron chi connectivity index (χ1n) is 8.11. The van der Waals surface area contributed by atoms with Crippen molar-refractivity contribution in [2.24, 2.45) is 0 Å². The topological polar surface area (TPSA) is 71.2 Å². The molecule has 3 aromatic rings. The second-order valence-electron chi connectivity index (χ2n) is 5.98. The molecule has 0 atom stereocenters. The number of ether oxygens (including phenoxy) is 1. The zero-order valence-electron chi connectivity index (χ0n) is 14.3. The fraction of sp³-hybridized carbons (Fsp3) is 0.200. The van der Waals surface area contributed by atoms with Crippen LogP contribution in [0, 0.1) is 6.92 Å². The van der Waals surface area contributed by atoms with Crippen molar-refractivity contribution in [3.05, 3.63) is 70.0 Å². The van der Waals surface area contributed by atoms with E-state index >= 15 is 0 Å². The fourth-order valence-corrected chi connectivity index (χ4v) is 2.69. The van der Waals surface area contributed by atoms with Crippen LogP contribution in [0.2, 0.25) is 0 Å². The molecule has 0 saturated carbocycles. The van der Waals surface area contributed by atoms with Gasteiger partial charge in [-0.15, -0.1) is 0 Å². The maximum Gasteiger partial charge on any atom is 0.251 e. The zero-order valence-corrected chi connectivity index (χ0v) is 14.3. The van der Waals surface area contributed by atoms with Crippen molar-refractivity contribution in [2.45, 2.75) is 19.8 Å². The molecular formula is C20H20N2O3. The molecule has 2 N–H and O–H groups in total. The number of amides is 1. The number of aryl methyl sites for hydroxylation is 2. The first-order chi connectivity index (χ1) is 12.0. The predicted octanol–water partition coefficient (Wildman–Crippen LogP) is 3.42. The van der Waals surface area contributed by atoms with Crippen LogP contribution in [0.1, 0.15) is 17.5 Å². The van der Waals surface area contributed by atoms with Crippen molar-refractivity contribution >= 4 is 22.5 Å². The van der Waals surface area contributed by atoms with Crippen LogP contribution in [0.5, 0.6) is 5.75 Å². The van der Waals surface area contributed by atoms with Gasteiger partial charge in [-0.2, -0.15) is 0 Å². The second-order valence-corrected chi connectivity index (χ2v) is 5.98. The van der Waals surface area contributed by atoms with Crippen LogP contribution in [-0.2, 0) is 11.2 Å². The van der Waals surface area contributed by atoms with Crippen LogP contribution in [0.15, 0.2) is 53.3 Å². The molecule has 0 spiro atoms. The molecule has 0 fully saturated rings. The number of carbonyl (C=O) groups is 1. The molecule has 3 rings (SSSR count). The Labute approximate surface area is 145 Å². The molecule has 0 saturated heterocycles. The summed E-state index contributed by atoms with van der Waals surface area (Å²) in [7, 11) is 1.59. The molecule has 128 valence electrons. The standard InChI is InChI=1S/C20H20N2O3/c1-13-10-15-8-6-14(11-18(15)22-20(13)24)7-9-19(23)21-16-4-3-5-17(12-16)25-2/h3-6,8,10-12H,7,9H2,1-2H3,(H,21,23)(H,22,24). The highest BCUT2D eigenvalue weighted by Crippen LogP contribution is 2.18. The van der Waals surface area contributed by atoms with Gasteiger partial charge < -0.3 is 15.0 Å². The van der Waals surface area contributed by atoms with Crippen LogP contribution >= 0.6 is 0 Å². The van der Waals surface area contributed by atoms with Crippen molar-refractivity contribution in [3.8, 4) is 5.75 Å².